The van der Waals surface area contributed by atoms with Gasteiger partial charge in [0.25, 0.3) is 0 Å². The first kappa shape index (κ1) is 9.71. The molecular formula is C13H13NO. The van der Waals surface area contributed by atoms with Crippen LogP contribution in [0.2, 0.25) is 0 Å². The fourth-order valence-corrected chi connectivity index (χ4v) is 1.46. The van der Waals surface area contributed by atoms with Crippen molar-refractivity contribution >= 4 is 0 Å². The van der Waals surface area contributed by atoms with E-state index in [9.17, 15) is 0 Å². The van der Waals surface area contributed by atoms with Gasteiger partial charge in [0.05, 0.1) is 11.9 Å². The van der Waals surface area contributed by atoms with E-state index in [0.29, 0.717) is 0 Å². The lowest BCUT2D eigenvalue weighted by atomic mass is 10.0. The largest absolute Gasteiger partial charge is 0.506 e. The maximum absolute atomic E-state index is 9.14. The number of pyridine rings is 1. The van der Waals surface area contributed by atoms with Gasteiger partial charge in [-0.15, -0.1) is 0 Å². The summed E-state index contributed by atoms with van der Waals surface area (Å²) >= 11 is 0. The molecule has 0 atom stereocenters. The van der Waals surface area contributed by atoms with Gasteiger partial charge < -0.3 is 5.11 Å². The molecule has 0 radical (unpaired) electrons. The van der Waals surface area contributed by atoms with Crippen LogP contribution in [-0.2, 0) is 0 Å². The Balaban J connectivity index is 2.45. The van der Waals surface area contributed by atoms with E-state index in [4.69, 9.17) is 5.11 Å². The van der Waals surface area contributed by atoms with Crippen molar-refractivity contribution in [2.75, 3.05) is 0 Å². The molecule has 0 aliphatic heterocycles. The highest BCUT2D eigenvalue weighted by Crippen LogP contribution is 2.21. The zero-order valence-corrected chi connectivity index (χ0v) is 8.86. The molecule has 1 aromatic carbocycles. The molecule has 2 heteroatoms. The van der Waals surface area contributed by atoms with E-state index in [1.165, 1.54) is 17.3 Å². The lowest BCUT2D eigenvalue weighted by Crippen LogP contribution is -1.85. The van der Waals surface area contributed by atoms with Crippen molar-refractivity contribution in [3.8, 4) is 17.0 Å². The van der Waals surface area contributed by atoms with Crippen molar-refractivity contribution < 1.29 is 5.11 Å². The first-order valence-corrected chi connectivity index (χ1v) is 4.89. The molecule has 0 saturated heterocycles. The summed E-state index contributed by atoms with van der Waals surface area (Å²) in [6.07, 6.45) is 1.46. The van der Waals surface area contributed by atoms with E-state index in [2.05, 4.69) is 31.0 Å². The molecular weight excluding hydrogens is 186 g/mol. The van der Waals surface area contributed by atoms with Crippen LogP contribution in [-0.4, -0.2) is 10.1 Å². The number of nitrogens with zero attached hydrogens (tertiary/aromatic N) is 1. The second kappa shape index (κ2) is 3.73. The Bertz CT molecular complexity index is 474. The van der Waals surface area contributed by atoms with Crippen molar-refractivity contribution in [3.05, 3.63) is 47.7 Å². The van der Waals surface area contributed by atoms with Gasteiger partial charge >= 0.3 is 0 Å². The second-order valence-corrected chi connectivity index (χ2v) is 3.70. The number of aromatic nitrogens is 1. The van der Waals surface area contributed by atoms with Crippen molar-refractivity contribution in [1.29, 1.82) is 0 Å². The molecule has 0 bridgehead atoms. The van der Waals surface area contributed by atoms with Gasteiger partial charge in [0, 0.05) is 5.56 Å². The lowest BCUT2D eigenvalue weighted by Gasteiger charge is -2.04. The molecule has 2 nitrogen and oxygen atoms in total. The topological polar surface area (TPSA) is 33.1 Å². The first-order valence-electron chi connectivity index (χ1n) is 4.89. The van der Waals surface area contributed by atoms with Crippen molar-refractivity contribution in [2.45, 2.75) is 13.8 Å². The summed E-state index contributed by atoms with van der Waals surface area (Å²) in [4.78, 5) is 4.17. The Kier molecular flexibility index (Phi) is 2.42. The molecule has 1 aromatic heterocycles. The highest BCUT2D eigenvalue weighted by Gasteiger charge is 2.00. The summed E-state index contributed by atoms with van der Waals surface area (Å²) in [6, 6.07) is 9.70. The fourth-order valence-electron chi connectivity index (χ4n) is 1.46. The molecule has 0 saturated carbocycles. The third-order valence-electron chi connectivity index (χ3n) is 2.55. The number of aryl methyl sites for hydroxylation is 2. The first-order chi connectivity index (χ1) is 7.16. The number of rotatable bonds is 1. The second-order valence-electron chi connectivity index (χ2n) is 3.70. The molecule has 76 valence electrons. The Morgan fingerprint density at radius 1 is 1.00 bits per heavy atom. The summed E-state index contributed by atoms with van der Waals surface area (Å²) in [5, 5.41) is 9.14. The molecule has 0 aliphatic rings. The van der Waals surface area contributed by atoms with Gasteiger partial charge in [0.15, 0.2) is 0 Å². The van der Waals surface area contributed by atoms with Crippen LogP contribution < -0.4 is 0 Å². The van der Waals surface area contributed by atoms with Gasteiger partial charge in [0.1, 0.15) is 5.75 Å². The van der Waals surface area contributed by atoms with E-state index >= 15 is 0 Å². The predicted molar refractivity (Wildman–Crippen MR) is 60.8 cm³/mol. The van der Waals surface area contributed by atoms with Crippen LogP contribution in [0.5, 0.6) is 5.75 Å². The maximum Gasteiger partial charge on any atom is 0.133 e. The molecule has 0 aliphatic carbocycles. The molecule has 2 aromatic rings. The Hall–Kier alpha value is -1.83. The molecule has 15 heavy (non-hydrogen) atoms. The van der Waals surface area contributed by atoms with E-state index in [1.807, 2.05) is 12.1 Å². The predicted octanol–water partition coefficient (Wildman–Crippen LogP) is 3.07. The van der Waals surface area contributed by atoms with Gasteiger partial charge in [0.2, 0.25) is 0 Å². The summed E-state index contributed by atoms with van der Waals surface area (Å²) < 4.78 is 0. The SMILES string of the molecule is Cc1ccc(-c2ccc(O)cn2)cc1C. The number of aromatic hydroxyl groups is 1. The molecule has 0 fully saturated rings. The monoisotopic (exact) mass is 199 g/mol. The summed E-state index contributed by atoms with van der Waals surface area (Å²) in [6.45, 7) is 4.17. The third-order valence-corrected chi connectivity index (χ3v) is 2.55. The summed E-state index contributed by atoms with van der Waals surface area (Å²) in [7, 11) is 0. The molecule has 0 amide bonds. The van der Waals surface area contributed by atoms with Gasteiger partial charge in [-0.2, -0.15) is 0 Å². The van der Waals surface area contributed by atoms with E-state index in [0.717, 1.165) is 11.3 Å². The lowest BCUT2D eigenvalue weighted by molar-refractivity contribution is 0.473. The zero-order chi connectivity index (χ0) is 10.8. The normalized spacial score (nSPS) is 10.3. The highest BCUT2D eigenvalue weighted by molar-refractivity contribution is 5.61. The Morgan fingerprint density at radius 3 is 2.40 bits per heavy atom. The minimum absolute atomic E-state index is 0.197. The van der Waals surface area contributed by atoms with Crippen molar-refractivity contribution in [1.82, 2.24) is 4.98 Å². The van der Waals surface area contributed by atoms with E-state index < -0.39 is 0 Å². The van der Waals surface area contributed by atoms with Crippen LogP contribution in [0.4, 0.5) is 0 Å². The molecule has 0 spiro atoms. The van der Waals surface area contributed by atoms with Gasteiger partial charge in [-0.3, -0.25) is 4.98 Å². The van der Waals surface area contributed by atoms with Crippen LogP contribution >= 0.6 is 0 Å². The third kappa shape index (κ3) is 1.99. The minimum Gasteiger partial charge on any atom is -0.506 e. The number of hydrogen-bond donors (Lipinski definition) is 1. The average Bonchev–Trinajstić information content (AvgIpc) is 2.23. The standard InChI is InChI=1S/C13H13NO/c1-9-3-4-11(7-10(9)2)13-6-5-12(15)8-14-13/h3-8,15H,1-2H3. The van der Waals surface area contributed by atoms with Crippen LogP contribution in [0.1, 0.15) is 11.1 Å². The van der Waals surface area contributed by atoms with Gasteiger partial charge in [-0.25, -0.2) is 0 Å². The Labute approximate surface area is 89.2 Å². The van der Waals surface area contributed by atoms with Crippen LogP contribution in [0.15, 0.2) is 36.5 Å². The fraction of sp³-hybridized carbons (Fsp3) is 0.154. The van der Waals surface area contributed by atoms with Gasteiger partial charge in [-0.05, 0) is 43.2 Å². The smallest absolute Gasteiger partial charge is 0.133 e. The van der Waals surface area contributed by atoms with Crippen LogP contribution in [0, 0.1) is 13.8 Å². The molecule has 2 rings (SSSR count). The number of benzene rings is 1. The maximum atomic E-state index is 9.14. The molecule has 0 unspecified atom stereocenters. The number of hydrogen-bond acceptors (Lipinski definition) is 2. The van der Waals surface area contributed by atoms with Crippen LogP contribution in [0.3, 0.4) is 0 Å². The Morgan fingerprint density at radius 2 is 1.80 bits per heavy atom. The average molecular weight is 199 g/mol. The quantitative estimate of drug-likeness (QED) is 0.765. The van der Waals surface area contributed by atoms with Crippen molar-refractivity contribution in [3.63, 3.8) is 0 Å². The van der Waals surface area contributed by atoms with Gasteiger partial charge in [-0.1, -0.05) is 12.1 Å². The minimum atomic E-state index is 0.197. The summed E-state index contributed by atoms with van der Waals surface area (Å²) in [5.74, 6) is 0.197. The summed E-state index contributed by atoms with van der Waals surface area (Å²) in [5.41, 5.74) is 4.49. The van der Waals surface area contributed by atoms with E-state index in [1.54, 1.807) is 6.07 Å². The van der Waals surface area contributed by atoms with Crippen LogP contribution in [0.25, 0.3) is 11.3 Å². The van der Waals surface area contributed by atoms with E-state index in [-0.39, 0.29) is 5.75 Å². The zero-order valence-electron chi connectivity index (χ0n) is 8.86. The molecule has 1 N–H and O–H groups in total. The highest BCUT2D eigenvalue weighted by atomic mass is 16.3. The van der Waals surface area contributed by atoms with Crippen molar-refractivity contribution in [2.24, 2.45) is 0 Å². The molecule has 1 heterocycles.